The van der Waals surface area contributed by atoms with Gasteiger partial charge in [0.05, 0.1) is 5.02 Å². The second-order valence-electron chi connectivity index (χ2n) is 4.70. The molecule has 0 bridgehead atoms. The highest BCUT2D eigenvalue weighted by Crippen LogP contribution is 2.29. The molecule has 3 heteroatoms. The fraction of sp³-hybridized carbons (Fsp3) is 0.125. The molecule has 0 spiro atoms. The molecule has 0 aliphatic carbocycles. The van der Waals surface area contributed by atoms with Gasteiger partial charge in [0.2, 0.25) is 0 Å². The molecule has 0 atom stereocenters. The third-order valence-corrected chi connectivity index (χ3v) is 4.38. The quantitative estimate of drug-likeness (QED) is 0.549. The van der Waals surface area contributed by atoms with E-state index < -0.39 is 0 Å². The summed E-state index contributed by atoms with van der Waals surface area (Å²) in [6.07, 6.45) is 3.09. The fourth-order valence-corrected chi connectivity index (χ4v) is 3.10. The van der Waals surface area contributed by atoms with Crippen molar-refractivity contribution in [3.63, 3.8) is 0 Å². The molecule has 0 amide bonds. The van der Waals surface area contributed by atoms with Crippen LogP contribution in [0.4, 0.5) is 0 Å². The second kappa shape index (κ2) is 5.17. The smallest absolute Gasteiger partial charge is 0.0502 e. The van der Waals surface area contributed by atoms with Gasteiger partial charge in [0.1, 0.15) is 0 Å². The molecule has 3 aromatic rings. The van der Waals surface area contributed by atoms with E-state index in [1.54, 1.807) is 0 Å². The maximum atomic E-state index is 6.35. The van der Waals surface area contributed by atoms with Gasteiger partial charge in [0, 0.05) is 27.7 Å². The number of fused-ring (bicyclic) bond motifs is 1. The van der Waals surface area contributed by atoms with Crippen LogP contribution in [0.3, 0.4) is 0 Å². The summed E-state index contributed by atoms with van der Waals surface area (Å²) in [6.45, 7) is 0. The van der Waals surface area contributed by atoms with Gasteiger partial charge in [-0.3, -0.25) is 0 Å². The summed E-state index contributed by atoms with van der Waals surface area (Å²) in [4.78, 5) is 0. The molecule has 0 aliphatic heterocycles. The van der Waals surface area contributed by atoms with Crippen molar-refractivity contribution < 1.29 is 0 Å². The van der Waals surface area contributed by atoms with Crippen molar-refractivity contribution >= 4 is 45.1 Å². The highest BCUT2D eigenvalue weighted by Gasteiger charge is 2.10. The zero-order valence-electron chi connectivity index (χ0n) is 10.5. The molecule has 1 aromatic heterocycles. The van der Waals surface area contributed by atoms with Crippen LogP contribution in [0.1, 0.15) is 11.1 Å². The van der Waals surface area contributed by atoms with Crippen molar-refractivity contribution in [2.45, 2.75) is 6.42 Å². The number of benzene rings is 2. The Morgan fingerprint density at radius 1 is 1.11 bits per heavy atom. The number of hydrogen-bond donors (Lipinski definition) is 0. The Morgan fingerprint density at radius 3 is 2.58 bits per heavy atom. The largest absolute Gasteiger partial charge is 0.350 e. The van der Waals surface area contributed by atoms with Crippen LogP contribution in [0.5, 0.6) is 0 Å². The normalized spacial score (nSPS) is 11.1. The Labute approximate surface area is 131 Å². The van der Waals surface area contributed by atoms with E-state index in [9.17, 15) is 0 Å². The molecule has 0 fully saturated rings. The van der Waals surface area contributed by atoms with Crippen LogP contribution in [0.25, 0.3) is 10.9 Å². The molecule has 0 N–H and O–H groups in total. The van der Waals surface area contributed by atoms with Crippen LogP contribution in [0, 0.1) is 3.57 Å². The lowest BCUT2D eigenvalue weighted by Crippen LogP contribution is -1.87. The molecule has 1 heterocycles. The average molecular weight is 382 g/mol. The molecule has 3 rings (SSSR count). The number of aromatic nitrogens is 1. The van der Waals surface area contributed by atoms with Crippen molar-refractivity contribution in [2.24, 2.45) is 7.05 Å². The van der Waals surface area contributed by atoms with E-state index in [0.29, 0.717) is 0 Å². The summed E-state index contributed by atoms with van der Waals surface area (Å²) in [7, 11) is 2.07. The van der Waals surface area contributed by atoms with Crippen molar-refractivity contribution in [3.05, 3.63) is 68.4 Å². The monoisotopic (exact) mass is 381 g/mol. The molecule has 1 nitrogen and oxygen atoms in total. The first-order valence-electron chi connectivity index (χ1n) is 6.12. The SMILES string of the molecule is Cn1cc(Cc2ccc(I)cc2)c2c(Cl)cccc21. The summed E-state index contributed by atoms with van der Waals surface area (Å²) in [6, 6.07) is 14.7. The summed E-state index contributed by atoms with van der Waals surface area (Å²) in [5, 5.41) is 2.00. The number of halogens is 2. The van der Waals surface area contributed by atoms with Crippen molar-refractivity contribution in [3.8, 4) is 0 Å². The van der Waals surface area contributed by atoms with Crippen LogP contribution in [-0.4, -0.2) is 4.57 Å². The van der Waals surface area contributed by atoms with Gasteiger partial charge >= 0.3 is 0 Å². The lowest BCUT2D eigenvalue weighted by atomic mass is 10.0. The molecule has 0 radical (unpaired) electrons. The zero-order valence-corrected chi connectivity index (χ0v) is 13.4. The van der Waals surface area contributed by atoms with Crippen molar-refractivity contribution in [1.82, 2.24) is 4.57 Å². The molecular formula is C16H13ClIN. The van der Waals surface area contributed by atoms with Gasteiger partial charge < -0.3 is 4.57 Å². The van der Waals surface area contributed by atoms with E-state index in [1.165, 1.54) is 25.6 Å². The van der Waals surface area contributed by atoms with E-state index in [4.69, 9.17) is 11.6 Å². The van der Waals surface area contributed by atoms with Crippen LogP contribution in [0.15, 0.2) is 48.7 Å². The third-order valence-electron chi connectivity index (χ3n) is 3.35. The molecule has 0 aliphatic rings. The predicted molar refractivity (Wildman–Crippen MR) is 89.9 cm³/mol. The van der Waals surface area contributed by atoms with E-state index >= 15 is 0 Å². The standard InChI is InChI=1S/C16H13ClIN/c1-19-10-12(9-11-5-7-13(18)8-6-11)16-14(17)3-2-4-15(16)19/h2-8,10H,9H2,1H3. The van der Waals surface area contributed by atoms with Gasteiger partial charge in [-0.25, -0.2) is 0 Å². The van der Waals surface area contributed by atoms with Crippen LogP contribution in [-0.2, 0) is 13.5 Å². The molecule has 2 aromatic carbocycles. The lowest BCUT2D eigenvalue weighted by molar-refractivity contribution is 0.958. The molecule has 96 valence electrons. The minimum Gasteiger partial charge on any atom is -0.350 e. The number of nitrogens with zero attached hydrogens (tertiary/aromatic N) is 1. The number of rotatable bonds is 2. The summed E-state index contributed by atoms with van der Waals surface area (Å²) < 4.78 is 3.40. The van der Waals surface area contributed by atoms with E-state index in [2.05, 4.69) is 70.7 Å². The fourth-order valence-electron chi connectivity index (χ4n) is 2.45. The predicted octanol–water partition coefficient (Wildman–Crippen LogP) is 5.03. The van der Waals surface area contributed by atoms with Crippen LogP contribution < -0.4 is 0 Å². The Balaban J connectivity index is 2.08. The van der Waals surface area contributed by atoms with Crippen LogP contribution in [0.2, 0.25) is 5.02 Å². The van der Waals surface area contributed by atoms with Crippen molar-refractivity contribution in [2.75, 3.05) is 0 Å². The Morgan fingerprint density at radius 2 is 1.84 bits per heavy atom. The summed E-state index contributed by atoms with van der Waals surface area (Å²) in [5.41, 5.74) is 3.78. The van der Waals surface area contributed by atoms with Crippen molar-refractivity contribution in [1.29, 1.82) is 0 Å². The second-order valence-corrected chi connectivity index (χ2v) is 6.36. The van der Waals surface area contributed by atoms with Gasteiger partial charge in [-0.2, -0.15) is 0 Å². The maximum absolute atomic E-state index is 6.35. The minimum atomic E-state index is 0.832. The minimum absolute atomic E-state index is 0.832. The van der Waals surface area contributed by atoms with Crippen LogP contribution >= 0.6 is 34.2 Å². The van der Waals surface area contributed by atoms with Gasteiger partial charge in [-0.1, -0.05) is 29.8 Å². The zero-order chi connectivity index (χ0) is 13.4. The number of hydrogen-bond acceptors (Lipinski definition) is 0. The average Bonchev–Trinajstić information content (AvgIpc) is 2.71. The van der Waals surface area contributed by atoms with Gasteiger partial charge in [0.25, 0.3) is 0 Å². The summed E-state index contributed by atoms with van der Waals surface area (Å²) in [5.74, 6) is 0. The summed E-state index contributed by atoms with van der Waals surface area (Å²) >= 11 is 8.68. The van der Waals surface area contributed by atoms with Gasteiger partial charge in [-0.15, -0.1) is 0 Å². The molecular weight excluding hydrogens is 369 g/mol. The lowest BCUT2D eigenvalue weighted by Gasteiger charge is -2.02. The first-order chi connectivity index (χ1) is 9.15. The molecule has 19 heavy (non-hydrogen) atoms. The van der Waals surface area contributed by atoms with E-state index in [1.807, 2.05) is 12.1 Å². The Bertz CT molecular complexity index is 728. The molecule has 0 unspecified atom stereocenters. The third kappa shape index (κ3) is 2.51. The van der Waals surface area contributed by atoms with Gasteiger partial charge in [-0.05, 0) is 64.4 Å². The number of aryl methyl sites for hydroxylation is 1. The highest BCUT2D eigenvalue weighted by molar-refractivity contribution is 14.1. The highest BCUT2D eigenvalue weighted by atomic mass is 127. The first-order valence-corrected chi connectivity index (χ1v) is 7.57. The maximum Gasteiger partial charge on any atom is 0.0502 e. The topological polar surface area (TPSA) is 4.93 Å². The first kappa shape index (κ1) is 13.0. The Hall–Kier alpha value is -1.00. The van der Waals surface area contributed by atoms with E-state index in [-0.39, 0.29) is 0 Å². The van der Waals surface area contributed by atoms with E-state index in [0.717, 1.165) is 11.4 Å². The van der Waals surface area contributed by atoms with Gasteiger partial charge in [0.15, 0.2) is 0 Å². The molecule has 0 saturated carbocycles. The molecule has 0 saturated heterocycles. The Kier molecular flexibility index (Phi) is 3.54.